The zero-order valence-corrected chi connectivity index (χ0v) is 11.3. The van der Waals surface area contributed by atoms with Gasteiger partial charge in [-0.15, -0.1) is 0 Å². The van der Waals surface area contributed by atoms with Crippen LogP contribution in [0.4, 0.5) is 5.69 Å². The third-order valence-electron chi connectivity index (χ3n) is 2.35. The number of hydrogen-bond donors (Lipinski definition) is 2. The molecule has 1 aromatic rings. The SMILES string of the molecule is CCCOC(=O)c1ccc(NC(=O)CC(C)N)cc1. The number of nitrogens with one attached hydrogen (secondary N) is 1. The van der Waals surface area contributed by atoms with Crippen LogP contribution < -0.4 is 11.1 Å². The van der Waals surface area contributed by atoms with Crippen LogP contribution in [0.2, 0.25) is 0 Å². The molecule has 0 fully saturated rings. The average molecular weight is 264 g/mol. The van der Waals surface area contributed by atoms with E-state index in [0.717, 1.165) is 6.42 Å². The van der Waals surface area contributed by atoms with E-state index in [1.165, 1.54) is 0 Å². The molecular formula is C14H20N2O3. The molecule has 0 aliphatic carbocycles. The molecule has 0 aliphatic heterocycles. The average Bonchev–Trinajstić information content (AvgIpc) is 2.35. The second-order valence-electron chi connectivity index (χ2n) is 4.44. The largest absolute Gasteiger partial charge is 0.462 e. The van der Waals surface area contributed by atoms with E-state index in [9.17, 15) is 9.59 Å². The molecule has 0 saturated heterocycles. The summed E-state index contributed by atoms with van der Waals surface area (Å²) in [4.78, 5) is 23.1. The number of esters is 1. The summed E-state index contributed by atoms with van der Waals surface area (Å²) < 4.78 is 5.01. The second-order valence-corrected chi connectivity index (χ2v) is 4.44. The van der Waals surface area contributed by atoms with Gasteiger partial charge in [-0.2, -0.15) is 0 Å². The van der Waals surface area contributed by atoms with Crippen molar-refractivity contribution >= 4 is 17.6 Å². The Morgan fingerprint density at radius 3 is 2.47 bits per heavy atom. The molecular weight excluding hydrogens is 244 g/mol. The van der Waals surface area contributed by atoms with Gasteiger partial charge in [0.25, 0.3) is 0 Å². The molecule has 1 rings (SSSR count). The van der Waals surface area contributed by atoms with Gasteiger partial charge >= 0.3 is 5.97 Å². The van der Waals surface area contributed by atoms with E-state index >= 15 is 0 Å². The van der Waals surface area contributed by atoms with E-state index in [1.807, 2.05) is 6.92 Å². The van der Waals surface area contributed by atoms with Crippen LogP contribution in [0.5, 0.6) is 0 Å². The van der Waals surface area contributed by atoms with Crippen molar-refractivity contribution < 1.29 is 14.3 Å². The maximum absolute atomic E-state index is 11.6. The molecule has 104 valence electrons. The molecule has 5 nitrogen and oxygen atoms in total. The first-order valence-corrected chi connectivity index (χ1v) is 6.35. The fourth-order valence-electron chi connectivity index (χ4n) is 1.47. The van der Waals surface area contributed by atoms with Crippen molar-refractivity contribution in [1.82, 2.24) is 0 Å². The van der Waals surface area contributed by atoms with Gasteiger partial charge in [0.05, 0.1) is 12.2 Å². The summed E-state index contributed by atoms with van der Waals surface area (Å²) in [6.45, 7) is 4.11. The van der Waals surface area contributed by atoms with Gasteiger partial charge in [0.15, 0.2) is 0 Å². The predicted octanol–water partition coefficient (Wildman–Crippen LogP) is 1.93. The second kappa shape index (κ2) is 7.53. The smallest absolute Gasteiger partial charge is 0.338 e. The Morgan fingerprint density at radius 1 is 1.32 bits per heavy atom. The van der Waals surface area contributed by atoms with Crippen LogP contribution in [0, 0.1) is 0 Å². The summed E-state index contributed by atoms with van der Waals surface area (Å²) in [7, 11) is 0. The minimum Gasteiger partial charge on any atom is -0.462 e. The van der Waals surface area contributed by atoms with Gasteiger partial charge in [-0.1, -0.05) is 6.92 Å². The number of carbonyl (C=O) groups excluding carboxylic acids is 2. The third kappa shape index (κ3) is 5.52. The van der Waals surface area contributed by atoms with Crippen molar-refractivity contribution in [3.8, 4) is 0 Å². The molecule has 0 radical (unpaired) electrons. The third-order valence-corrected chi connectivity index (χ3v) is 2.35. The van der Waals surface area contributed by atoms with Gasteiger partial charge in [-0.25, -0.2) is 4.79 Å². The molecule has 1 amide bonds. The van der Waals surface area contributed by atoms with Gasteiger partial charge in [0.1, 0.15) is 0 Å². The Bertz CT molecular complexity index is 427. The lowest BCUT2D eigenvalue weighted by molar-refractivity contribution is -0.116. The summed E-state index contributed by atoms with van der Waals surface area (Å²) in [5.41, 5.74) is 6.64. The normalized spacial score (nSPS) is 11.7. The zero-order chi connectivity index (χ0) is 14.3. The molecule has 0 spiro atoms. The molecule has 0 heterocycles. The number of carbonyl (C=O) groups is 2. The lowest BCUT2D eigenvalue weighted by Gasteiger charge is -2.08. The van der Waals surface area contributed by atoms with Crippen LogP contribution in [0.15, 0.2) is 24.3 Å². The Labute approximate surface area is 113 Å². The van der Waals surface area contributed by atoms with Crippen LogP contribution in [0.1, 0.15) is 37.0 Å². The van der Waals surface area contributed by atoms with Gasteiger partial charge < -0.3 is 15.8 Å². The summed E-state index contributed by atoms with van der Waals surface area (Å²) in [6.07, 6.45) is 1.05. The molecule has 0 aromatic heterocycles. The molecule has 0 saturated carbocycles. The molecule has 1 aromatic carbocycles. The van der Waals surface area contributed by atoms with Crippen molar-refractivity contribution in [2.45, 2.75) is 32.7 Å². The summed E-state index contributed by atoms with van der Waals surface area (Å²) >= 11 is 0. The van der Waals surface area contributed by atoms with Crippen molar-refractivity contribution in [2.75, 3.05) is 11.9 Å². The molecule has 1 atom stereocenters. The van der Waals surface area contributed by atoms with E-state index in [1.54, 1.807) is 31.2 Å². The van der Waals surface area contributed by atoms with E-state index in [0.29, 0.717) is 17.9 Å². The lowest BCUT2D eigenvalue weighted by atomic mass is 10.2. The highest BCUT2D eigenvalue weighted by Gasteiger charge is 2.08. The summed E-state index contributed by atoms with van der Waals surface area (Å²) in [6, 6.07) is 6.41. The van der Waals surface area contributed by atoms with Gasteiger partial charge in [-0.05, 0) is 37.6 Å². The number of nitrogens with two attached hydrogens (primary N) is 1. The van der Waals surface area contributed by atoms with Crippen molar-refractivity contribution in [3.63, 3.8) is 0 Å². The first kappa shape index (κ1) is 15.2. The summed E-state index contributed by atoms with van der Waals surface area (Å²) in [5.74, 6) is -0.494. The minimum absolute atomic E-state index is 0.142. The minimum atomic E-state index is -0.352. The highest BCUT2D eigenvalue weighted by molar-refractivity contribution is 5.93. The van der Waals surface area contributed by atoms with Crippen LogP contribution in [0.25, 0.3) is 0 Å². The van der Waals surface area contributed by atoms with E-state index < -0.39 is 0 Å². The standard InChI is InChI=1S/C14H20N2O3/c1-3-8-19-14(18)11-4-6-12(7-5-11)16-13(17)9-10(2)15/h4-7,10H,3,8-9,15H2,1-2H3,(H,16,17). The van der Waals surface area contributed by atoms with Gasteiger partial charge in [0, 0.05) is 18.2 Å². The highest BCUT2D eigenvalue weighted by atomic mass is 16.5. The number of anilines is 1. The van der Waals surface area contributed by atoms with E-state index in [2.05, 4.69) is 5.32 Å². The molecule has 5 heteroatoms. The molecule has 3 N–H and O–H groups in total. The molecule has 1 unspecified atom stereocenters. The highest BCUT2D eigenvalue weighted by Crippen LogP contribution is 2.11. The number of hydrogen-bond acceptors (Lipinski definition) is 4. The van der Waals surface area contributed by atoms with Gasteiger partial charge in [-0.3, -0.25) is 4.79 Å². The first-order valence-electron chi connectivity index (χ1n) is 6.35. The van der Waals surface area contributed by atoms with Crippen molar-refractivity contribution in [3.05, 3.63) is 29.8 Å². The predicted molar refractivity (Wildman–Crippen MR) is 73.9 cm³/mol. The fourth-order valence-corrected chi connectivity index (χ4v) is 1.47. The van der Waals surface area contributed by atoms with Crippen LogP contribution >= 0.6 is 0 Å². The van der Waals surface area contributed by atoms with Crippen molar-refractivity contribution in [2.24, 2.45) is 5.73 Å². The van der Waals surface area contributed by atoms with E-state index in [-0.39, 0.29) is 24.3 Å². The lowest BCUT2D eigenvalue weighted by Crippen LogP contribution is -2.23. The number of benzene rings is 1. The van der Waals surface area contributed by atoms with Crippen LogP contribution in [0.3, 0.4) is 0 Å². The van der Waals surface area contributed by atoms with E-state index in [4.69, 9.17) is 10.5 Å². The van der Waals surface area contributed by atoms with Crippen LogP contribution in [-0.2, 0) is 9.53 Å². The summed E-state index contributed by atoms with van der Waals surface area (Å²) in [5, 5.41) is 2.71. The van der Waals surface area contributed by atoms with Crippen molar-refractivity contribution in [1.29, 1.82) is 0 Å². The number of rotatable bonds is 6. The van der Waals surface area contributed by atoms with Crippen LogP contribution in [-0.4, -0.2) is 24.5 Å². The molecule has 0 aliphatic rings. The topological polar surface area (TPSA) is 81.4 Å². The molecule has 19 heavy (non-hydrogen) atoms. The Hall–Kier alpha value is -1.88. The maximum Gasteiger partial charge on any atom is 0.338 e. The maximum atomic E-state index is 11.6. The quantitative estimate of drug-likeness (QED) is 0.769. The Balaban J connectivity index is 2.56. The number of ether oxygens (including phenoxy) is 1. The number of amides is 1. The first-order chi connectivity index (χ1) is 9.02. The fraction of sp³-hybridized carbons (Fsp3) is 0.429. The Morgan fingerprint density at radius 2 is 1.95 bits per heavy atom. The van der Waals surface area contributed by atoms with Gasteiger partial charge in [0.2, 0.25) is 5.91 Å². The molecule has 0 bridgehead atoms. The zero-order valence-electron chi connectivity index (χ0n) is 11.3. The Kier molecular flexibility index (Phi) is 6.02. The monoisotopic (exact) mass is 264 g/mol.